The Hall–Kier alpha value is -3.60. The van der Waals surface area contributed by atoms with Crippen molar-refractivity contribution < 1.29 is 12.8 Å². The van der Waals surface area contributed by atoms with Crippen molar-refractivity contribution in [3.8, 4) is 11.5 Å². The molecule has 0 radical (unpaired) electrons. The molecule has 4 aromatic rings. The molecular formula is C17H14FN7O2S. The minimum Gasteiger partial charge on any atom is -0.336 e. The molecule has 142 valence electrons. The van der Waals surface area contributed by atoms with Gasteiger partial charge in [0.15, 0.2) is 11.6 Å². The smallest absolute Gasteiger partial charge is 0.230 e. The Kier molecular flexibility index (Phi) is 4.35. The van der Waals surface area contributed by atoms with E-state index < -0.39 is 15.8 Å². The van der Waals surface area contributed by atoms with Crippen LogP contribution in [0.25, 0.3) is 17.0 Å². The number of rotatable bonds is 5. The Balaban J connectivity index is 1.79. The molecule has 0 saturated carbocycles. The van der Waals surface area contributed by atoms with E-state index in [-0.39, 0.29) is 17.3 Å². The second-order valence-electron chi connectivity index (χ2n) is 5.88. The van der Waals surface area contributed by atoms with Gasteiger partial charge in [0.25, 0.3) is 0 Å². The lowest BCUT2D eigenvalue weighted by Gasteiger charge is -2.10. The fourth-order valence-electron chi connectivity index (χ4n) is 2.55. The maximum absolute atomic E-state index is 14.0. The second kappa shape index (κ2) is 6.85. The molecule has 0 unspecified atom stereocenters. The predicted molar refractivity (Wildman–Crippen MR) is 102 cm³/mol. The summed E-state index contributed by atoms with van der Waals surface area (Å²) in [6.07, 6.45) is 5.31. The van der Waals surface area contributed by atoms with Crippen LogP contribution >= 0.6 is 0 Å². The Morgan fingerprint density at radius 1 is 1.11 bits per heavy atom. The molecule has 28 heavy (non-hydrogen) atoms. The molecule has 4 rings (SSSR count). The van der Waals surface area contributed by atoms with Crippen molar-refractivity contribution in [2.75, 3.05) is 16.3 Å². The van der Waals surface area contributed by atoms with Crippen LogP contribution in [0, 0.1) is 5.82 Å². The summed E-state index contributed by atoms with van der Waals surface area (Å²) in [5.74, 6) is 0.219. The molecule has 0 aliphatic heterocycles. The van der Waals surface area contributed by atoms with Gasteiger partial charge in [0.05, 0.1) is 18.1 Å². The molecule has 9 nitrogen and oxygen atoms in total. The minimum absolute atomic E-state index is 0.144. The first kappa shape index (κ1) is 17.8. The highest BCUT2D eigenvalue weighted by atomic mass is 32.2. The zero-order valence-corrected chi connectivity index (χ0v) is 15.4. The van der Waals surface area contributed by atoms with Crippen LogP contribution in [0.2, 0.25) is 0 Å². The molecule has 11 heteroatoms. The first-order chi connectivity index (χ1) is 13.4. The third kappa shape index (κ3) is 3.74. The van der Waals surface area contributed by atoms with Crippen molar-refractivity contribution in [2.45, 2.75) is 0 Å². The molecule has 0 aliphatic rings. The van der Waals surface area contributed by atoms with Gasteiger partial charge in [-0.15, -0.1) is 5.10 Å². The van der Waals surface area contributed by atoms with Crippen molar-refractivity contribution in [2.24, 2.45) is 0 Å². The zero-order chi connectivity index (χ0) is 19.7. The third-order valence-corrected chi connectivity index (χ3v) is 4.26. The third-order valence-electron chi connectivity index (χ3n) is 3.68. The van der Waals surface area contributed by atoms with Crippen molar-refractivity contribution in [3.05, 3.63) is 60.8 Å². The van der Waals surface area contributed by atoms with Gasteiger partial charge in [-0.05, 0) is 30.3 Å². The lowest BCUT2D eigenvalue weighted by Crippen LogP contribution is -2.11. The van der Waals surface area contributed by atoms with Crippen LogP contribution in [0.3, 0.4) is 0 Å². The normalized spacial score (nSPS) is 11.5. The van der Waals surface area contributed by atoms with E-state index in [0.717, 1.165) is 12.5 Å². The number of hydrogen-bond donors (Lipinski definition) is 2. The maximum Gasteiger partial charge on any atom is 0.230 e. The maximum atomic E-state index is 14.0. The Labute approximate surface area is 159 Å². The summed E-state index contributed by atoms with van der Waals surface area (Å²) in [6.45, 7) is 0. The van der Waals surface area contributed by atoms with Gasteiger partial charge >= 0.3 is 0 Å². The van der Waals surface area contributed by atoms with Gasteiger partial charge in [0.1, 0.15) is 17.0 Å². The van der Waals surface area contributed by atoms with Crippen molar-refractivity contribution >= 4 is 32.9 Å². The number of halogens is 1. The number of pyridine rings is 2. The topological polar surface area (TPSA) is 114 Å². The number of nitrogens with zero attached hydrogens (tertiary/aromatic N) is 5. The number of sulfonamides is 1. The predicted octanol–water partition coefficient (Wildman–Crippen LogP) is 2.44. The van der Waals surface area contributed by atoms with Crippen LogP contribution in [-0.2, 0) is 10.0 Å². The van der Waals surface area contributed by atoms with Crippen LogP contribution < -0.4 is 10.0 Å². The summed E-state index contributed by atoms with van der Waals surface area (Å²) >= 11 is 0. The zero-order valence-electron chi connectivity index (χ0n) is 14.5. The fourth-order valence-corrected chi connectivity index (χ4v) is 3.04. The van der Waals surface area contributed by atoms with Crippen molar-refractivity contribution in [1.82, 2.24) is 24.6 Å². The van der Waals surface area contributed by atoms with Crippen LogP contribution in [0.4, 0.5) is 21.7 Å². The Bertz CT molecular complexity index is 1270. The molecule has 4 aromatic heterocycles. The van der Waals surface area contributed by atoms with Gasteiger partial charge in [-0.25, -0.2) is 27.3 Å². The highest BCUT2D eigenvalue weighted by Gasteiger charge is 2.13. The van der Waals surface area contributed by atoms with Gasteiger partial charge in [0.2, 0.25) is 15.8 Å². The van der Waals surface area contributed by atoms with Crippen LogP contribution in [0.1, 0.15) is 0 Å². The van der Waals surface area contributed by atoms with E-state index in [9.17, 15) is 12.8 Å². The van der Waals surface area contributed by atoms with E-state index in [4.69, 9.17) is 0 Å². The van der Waals surface area contributed by atoms with E-state index >= 15 is 0 Å². The average molecular weight is 399 g/mol. The van der Waals surface area contributed by atoms with E-state index in [1.54, 1.807) is 35.0 Å². The van der Waals surface area contributed by atoms with Crippen LogP contribution in [0.5, 0.6) is 0 Å². The van der Waals surface area contributed by atoms with Crippen molar-refractivity contribution in [1.29, 1.82) is 0 Å². The monoisotopic (exact) mass is 399 g/mol. The molecule has 0 saturated heterocycles. The van der Waals surface area contributed by atoms with Gasteiger partial charge in [-0.2, -0.15) is 0 Å². The first-order valence-electron chi connectivity index (χ1n) is 8.06. The molecule has 4 heterocycles. The van der Waals surface area contributed by atoms with E-state index in [1.165, 1.54) is 18.3 Å². The van der Waals surface area contributed by atoms with Crippen molar-refractivity contribution in [3.63, 3.8) is 0 Å². The number of aromatic nitrogens is 5. The number of hydrogen-bond acceptors (Lipinski definition) is 7. The van der Waals surface area contributed by atoms with Gasteiger partial charge < -0.3 is 5.32 Å². The minimum atomic E-state index is -3.47. The molecule has 0 amide bonds. The number of fused-ring (bicyclic) bond motifs is 1. The van der Waals surface area contributed by atoms with E-state index in [1.807, 2.05) is 0 Å². The second-order valence-corrected chi connectivity index (χ2v) is 7.63. The molecule has 0 bridgehead atoms. The van der Waals surface area contributed by atoms with Crippen LogP contribution in [0.15, 0.2) is 55.0 Å². The Morgan fingerprint density at radius 2 is 1.96 bits per heavy atom. The summed E-state index contributed by atoms with van der Waals surface area (Å²) in [5, 5.41) is 7.33. The largest absolute Gasteiger partial charge is 0.336 e. The summed E-state index contributed by atoms with van der Waals surface area (Å²) in [6, 6.07) is 9.84. The summed E-state index contributed by atoms with van der Waals surface area (Å²) in [7, 11) is -3.47. The molecular weight excluding hydrogens is 385 g/mol. The average Bonchev–Trinajstić information content (AvgIpc) is 3.11. The van der Waals surface area contributed by atoms with Gasteiger partial charge in [-0.1, -0.05) is 6.07 Å². The van der Waals surface area contributed by atoms with E-state index in [2.05, 4.69) is 30.1 Å². The molecule has 0 spiro atoms. The lowest BCUT2D eigenvalue weighted by molar-refractivity contribution is 0.606. The number of anilines is 3. The summed E-state index contributed by atoms with van der Waals surface area (Å²) < 4.78 is 40.7. The summed E-state index contributed by atoms with van der Waals surface area (Å²) in [4.78, 5) is 12.4. The lowest BCUT2D eigenvalue weighted by atomic mass is 10.3. The highest BCUT2D eigenvalue weighted by Crippen LogP contribution is 2.24. The van der Waals surface area contributed by atoms with Gasteiger partial charge in [-0.3, -0.25) is 9.71 Å². The standard InChI is InChI=1S/C17H14FN7O2S/c1-28(26,27)24-15-6-2-4-13(20-15)16-22-17(14-5-3-9-25(14)23-16)21-12-7-8-19-10-11(12)18/h2-10H,1H3,(H,20,24)(H,19,21,22,23). The Morgan fingerprint density at radius 3 is 2.75 bits per heavy atom. The van der Waals surface area contributed by atoms with E-state index in [0.29, 0.717) is 17.0 Å². The molecule has 0 fully saturated rings. The highest BCUT2D eigenvalue weighted by molar-refractivity contribution is 7.92. The SMILES string of the molecule is CS(=O)(=O)Nc1cccc(-c2nc(Nc3ccncc3F)c3cccn3n2)n1. The summed E-state index contributed by atoms with van der Waals surface area (Å²) in [5.41, 5.74) is 1.19. The first-order valence-corrected chi connectivity index (χ1v) is 9.95. The number of nitrogens with one attached hydrogen (secondary N) is 2. The molecule has 0 atom stereocenters. The fraction of sp³-hybridized carbons (Fsp3) is 0.0588. The molecule has 2 N–H and O–H groups in total. The molecule has 0 aliphatic carbocycles. The molecule has 0 aromatic carbocycles. The quantitative estimate of drug-likeness (QED) is 0.530. The van der Waals surface area contributed by atoms with Gasteiger partial charge in [0, 0.05) is 12.4 Å². The van der Waals surface area contributed by atoms with Crippen LogP contribution in [-0.4, -0.2) is 39.2 Å².